The lowest BCUT2D eigenvalue weighted by molar-refractivity contribution is 1.27. The maximum atomic E-state index is 5.74. The van der Waals surface area contributed by atoms with Crippen LogP contribution in [0.3, 0.4) is 0 Å². The van der Waals surface area contributed by atoms with E-state index in [0.717, 1.165) is 179 Å². The molecule has 4 N–H and O–H groups in total. The highest BCUT2D eigenvalue weighted by molar-refractivity contribution is 6.05. The predicted octanol–water partition coefficient (Wildman–Crippen LogP) is 28.6. The molecule has 0 radical (unpaired) electrons. The van der Waals surface area contributed by atoms with E-state index in [1.807, 2.05) is 0 Å². The molecule has 14 aromatic rings. The average molecular weight is 1530 g/mol. The molecule has 0 amide bonds. The van der Waals surface area contributed by atoms with Gasteiger partial charge in [0.25, 0.3) is 0 Å². The molecule has 8 nitrogen and oxygen atoms in total. The molecule has 118 heavy (non-hydrogen) atoms. The molecular weight excluding hydrogens is 1430 g/mol. The van der Waals surface area contributed by atoms with Gasteiger partial charge in [-0.2, -0.15) is 0 Å². The summed E-state index contributed by atoms with van der Waals surface area (Å²) in [5.41, 5.74) is 55.9. The highest BCUT2D eigenvalue weighted by Gasteiger charge is 2.27. The maximum Gasteiger partial charge on any atom is 0.0737 e. The standard InChI is InChI=1S/C110H96N8/c1-58-46-65(8)97(66(9)47-58)105-85-34-30-81(111-85)103(82-31-35-86(112-82)106(98-67(10)48-59(2)49-68(98)11)90-39-43-94(116-90)109(93-42-38-89(105)115-93)101-73(16)54-62(5)55-74(101)17)79-24-22-77(23-25-79)21-20-64(7)78-26-28-80(29-27-78)104-83-32-36-87(113-83)107(99-69(12)50-60(3)51-70(99)13)91-40-44-95(117-91)110(102-75(18)56-63(6)57-76(102)19)96-45-41-92(118-96)108(88-37-33-84(104)114-88)100-71(14)52-61(4)53-72(100)15/h22-57,111,113,116,118H,7H2,1-6,8-19H3. The fraction of sp³-hybridized carbons (Fsp3) is 0.164. The zero-order valence-electron chi connectivity index (χ0n) is 70.8. The molecule has 0 saturated heterocycles. The van der Waals surface area contributed by atoms with E-state index >= 15 is 0 Å². The van der Waals surface area contributed by atoms with Crippen molar-refractivity contribution in [3.8, 4) is 101 Å². The minimum Gasteiger partial charge on any atom is -0.354 e. The molecule has 576 valence electrons. The van der Waals surface area contributed by atoms with Gasteiger partial charge in [-0.3, -0.25) is 0 Å². The van der Waals surface area contributed by atoms with Gasteiger partial charge in [0.1, 0.15) is 0 Å². The zero-order chi connectivity index (χ0) is 82.1. The number of nitrogens with one attached hydrogen (secondary N) is 4. The number of aromatic amines is 4. The Bertz CT molecular complexity index is 7060. The Labute approximate surface area is 692 Å². The molecule has 0 atom stereocenters. The van der Waals surface area contributed by atoms with E-state index in [0.29, 0.717) is 5.57 Å². The van der Waals surface area contributed by atoms with E-state index in [-0.39, 0.29) is 0 Å². The minimum absolute atomic E-state index is 0.701. The Morgan fingerprint density at radius 2 is 0.398 bits per heavy atom. The molecule has 0 saturated carbocycles. The third-order valence-corrected chi connectivity index (χ3v) is 24.1. The van der Waals surface area contributed by atoms with Crippen LogP contribution in [0.1, 0.15) is 157 Å². The third kappa shape index (κ3) is 13.4. The molecule has 18 rings (SSSR count). The van der Waals surface area contributed by atoms with Gasteiger partial charge < -0.3 is 19.9 Å². The Balaban J connectivity index is 0.779. The summed E-state index contributed by atoms with van der Waals surface area (Å²) in [5.74, 6) is 7.03. The molecule has 10 heterocycles. The van der Waals surface area contributed by atoms with Crippen molar-refractivity contribution in [1.29, 1.82) is 0 Å². The second kappa shape index (κ2) is 29.5. The van der Waals surface area contributed by atoms with Gasteiger partial charge in [-0.25, -0.2) is 19.9 Å². The lowest BCUT2D eigenvalue weighted by Crippen LogP contribution is -1.96. The van der Waals surface area contributed by atoms with Crippen LogP contribution in [0.15, 0.2) is 176 Å². The number of H-pyrrole nitrogens is 4. The maximum absolute atomic E-state index is 5.74. The molecule has 0 aliphatic carbocycles. The second-order valence-electron chi connectivity index (χ2n) is 33.5. The number of rotatable bonds is 9. The summed E-state index contributed by atoms with van der Waals surface area (Å²) in [7, 11) is 0. The summed E-state index contributed by atoms with van der Waals surface area (Å²) in [6.07, 6.45) is 17.6. The number of nitrogens with zero attached hydrogens (tertiary/aromatic N) is 4. The van der Waals surface area contributed by atoms with Gasteiger partial charge in [-0.05, 0) is 351 Å². The van der Waals surface area contributed by atoms with Crippen LogP contribution in [-0.2, 0) is 0 Å². The summed E-state index contributed by atoms with van der Waals surface area (Å²) in [6.45, 7) is 44.3. The lowest BCUT2D eigenvalue weighted by Gasteiger charge is -2.14. The van der Waals surface area contributed by atoms with Crippen LogP contribution < -0.4 is 0 Å². The first-order valence-electron chi connectivity index (χ1n) is 41.0. The SMILES string of the molecule is C=C(C#Cc1ccc(-c2c3nc(c(-c4c(C)cc(C)cc4C)c4ccc([nH]4)c(-c4c(C)cc(C)cc4C)c4nc(c(-c5c(C)cc(C)cc5C)c5ccc2[nH]5)C=C4)C=C3)cc1)c1ccc(-c2c3nc(c(-c4c(C)cc(C)cc4C)c4ccc([nH]4)c(-c4c(C)cc(C)cc4C)c4nc(c(-c5c(C)cc(C)cc5C)c5ccc2[nH]5)C=C4)C=C3)cc1. The van der Waals surface area contributed by atoms with Crippen molar-refractivity contribution >= 4 is 98.3 Å². The normalized spacial score (nSPS) is 12.2. The highest BCUT2D eigenvalue weighted by Crippen LogP contribution is 2.47. The Morgan fingerprint density at radius 3 is 0.602 bits per heavy atom. The average Bonchev–Trinajstić information content (AvgIpc) is 1.60. The van der Waals surface area contributed by atoms with Crippen LogP contribution in [0.25, 0.3) is 187 Å². The minimum atomic E-state index is 0.701. The molecular formula is C110H96N8. The van der Waals surface area contributed by atoms with Gasteiger partial charge in [0, 0.05) is 99.8 Å². The number of hydrogen-bond donors (Lipinski definition) is 4. The largest absolute Gasteiger partial charge is 0.354 e. The van der Waals surface area contributed by atoms with Crippen molar-refractivity contribution in [3.05, 3.63) is 333 Å². The third-order valence-electron chi connectivity index (χ3n) is 24.1. The number of allylic oxidation sites excluding steroid dienone is 1. The molecule has 4 aliphatic heterocycles. The van der Waals surface area contributed by atoms with Crippen LogP contribution in [0.4, 0.5) is 0 Å². The van der Waals surface area contributed by atoms with E-state index in [9.17, 15) is 0 Å². The quantitative estimate of drug-likeness (QED) is 0.108. The van der Waals surface area contributed by atoms with Crippen molar-refractivity contribution in [1.82, 2.24) is 39.9 Å². The summed E-state index contributed by atoms with van der Waals surface area (Å²) < 4.78 is 0. The first-order valence-corrected chi connectivity index (χ1v) is 41.0. The number of fused-ring (bicyclic) bond motifs is 16. The first kappa shape index (κ1) is 75.6. The summed E-state index contributed by atoms with van der Waals surface area (Å²) in [6, 6.07) is 62.5. The van der Waals surface area contributed by atoms with E-state index in [2.05, 4.69) is 381 Å². The number of aryl methyl sites for hydroxylation is 18. The molecule has 4 aliphatic rings. The molecule has 0 fully saturated rings. The van der Waals surface area contributed by atoms with Crippen LogP contribution in [-0.4, -0.2) is 39.9 Å². The van der Waals surface area contributed by atoms with E-state index in [1.54, 1.807) is 0 Å². The number of hydrogen-bond acceptors (Lipinski definition) is 4. The van der Waals surface area contributed by atoms with E-state index < -0.39 is 0 Å². The molecule has 0 spiro atoms. The molecule has 6 aromatic heterocycles. The summed E-state index contributed by atoms with van der Waals surface area (Å²) in [4.78, 5) is 39.1. The monoisotopic (exact) mass is 1530 g/mol. The summed E-state index contributed by atoms with van der Waals surface area (Å²) >= 11 is 0. The van der Waals surface area contributed by atoms with Gasteiger partial charge in [-0.1, -0.05) is 161 Å². The van der Waals surface area contributed by atoms with E-state index in [1.165, 1.54) is 111 Å². The molecule has 16 bridgehead atoms. The van der Waals surface area contributed by atoms with Gasteiger partial charge in [0.05, 0.1) is 45.6 Å². The van der Waals surface area contributed by atoms with Gasteiger partial charge in [0.2, 0.25) is 0 Å². The Hall–Kier alpha value is -13.7. The van der Waals surface area contributed by atoms with Crippen molar-refractivity contribution in [2.75, 3.05) is 0 Å². The highest BCUT2D eigenvalue weighted by atomic mass is 14.8. The van der Waals surface area contributed by atoms with Gasteiger partial charge in [-0.15, -0.1) is 0 Å². The van der Waals surface area contributed by atoms with Crippen molar-refractivity contribution in [2.45, 2.75) is 125 Å². The molecule has 8 heteroatoms. The number of aromatic nitrogens is 8. The zero-order valence-corrected chi connectivity index (χ0v) is 70.8. The van der Waals surface area contributed by atoms with Crippen LogP contribution in [0, 0.1) is 136 Å². The fourth-order valence-electron chi connectivity index (χ4n) is 19.8. The van der Waals surface area contributed by atoms with Crippen molar-refractivity contribution in [2.24, 2.45) is 0 Å². The van der Waals surface area contributed by atoms with Crippen LogP contribution in [0.2, 0.25) is 0 Å². The predicted molar refractivity (Wildman–Crippen MR) is 502 cm³/mol. The van der Waals surface area contributed by atoms with Crippen LogP contribution in [0.5, 0.6) is 0 Å². The lowest BCUT2D eigenvalue weighted by atomic mass is 9.92. The Morgan fingerprint density at radius 1 is 0.220 bits per heavy atom. The fourth-order valence-corrected chi connectivity index (χ4v) is 19.8. The number of benzene rings is 8. The van der Waals surface area contributed by atoms with Crippen molar-refractivity contribution in [3.63, 3.8) is 0 Å². The molecule has 8 aromatic carbocycles. The van der Waals surface area contributed by atoms with Gasteiger partial charge in [0.15, 0.2) is 0 Å². The van der Waals surface area contributed by atoms with Crippen molar-refractivity contribution < 1.29 is 0 Å². The van der Waals surface area contributed by atoms with Gasteiger partial charge >= 0.3 is 0 Å². The topological polar surface area (TPSA) is 115 Å². The molecule has 0 unspecified atom stereocenters. The summed E-state index contributed by atoms with van der Waals surface area (Å²) in [5, 5.41) is 0. The van der Waals surface area contributed by atoms with Crippen LogP contribution >= 0.6 is 0 Å². The second-order valence-corrected chi connectivity index (χ2v) is 33.5. The first-order chi connectivity index (χ1) is 56.7. The Kier molecular flexibility index (Phi) is 18.9. The van der Waals surface area contributed by atoms with E-state index in [4.69, 9.17) is 19.9 Å². The smallest absolute Gasteiger partial charge is 0.0737 e.